The first kappa shape index (κ1) is 13.0. The van der Waals surface area contributed by atoms with Crippen LogP contribution >= 0.6 is 11.6 Å². The highest BCUT2D eigenvalue weighted by molar-refractivity contribution is 7.92. The highest BCUT2D eigenvalue weighted by Crippen LogP contribution is 2.25. The molecule has 102 valence electrons. The fraction of sp³-hybridized carbons (Fsp3) is 0. The summed E-state index contributed by atoms with van der Waals surface area (Å²) in [6.07, 6.45) is 1.57. The molecule has 0 aliphatic heterocycles. The van der Waals surface area contributed by atoms with Gasteiger partial charge in [-0.1, -0.05) is 23.7 Å². The molecule has 0 atom stereocenters. The van der Waals surface area contributed by atoms with E-state index in [0.29, 0.717) is 16.1 Å². The van der Waals surface area contributed by atoms with Crippen molar-refractivity contribution in [2.75, 3.05) is 4.72 Å². The number of benzene rings is 2. The van der Waals surface area contributed by atoms with Gasteiger partial charge in [-0.05, 0) is 30.3 Å². The molecule has 0 unspecified atom stereocenters. The molecular formula is C13H10ClN3O2S. The van der Waals surface area contributed by atoms with Crippen LogP contribution in [0.4, 0.5) is 5.69 Å². The van der Waals surface area contributed by atoms with Crippen molar-refractivity contribution in [3.05, 3.63) is 53.7 Å². The molecule has 0 radical (unpaired) electrons. The second-order valence-corrected chi connectivity index (χ2v) is 6.32. The molecular weight excluding hydrogens is 298 g/mol. The van der Waals surface area contributed by atoms with E-state index in [-0.39, 0.29) is 4.90 Å². The minimum Gasteiger partial charge on any atom is -0.279 e. The van der Waals surface area contributed by atoms with Crippen LogP contribution < -0.4 is 4.72 Å². The largest absolute Gasteiger partial charge is 0.279 e. The highest BCUT2D eigenvalue weighted by atomic mass is 35.5. The summed E-state index contributed by atoms with van der Waals surface area (Å²) in [5.74, 6) is 0. The first-order valence-electron chi connectivity index (χ1n) is 5.77. The van der Waals surface area contributed by atoms with E-state index < -0.39 is 10.0 Å². The van der Waals surface area contributed by atoms with Crippen LogP contribution in [-0.4, -0.2) is 18.6 Å². The number of nitrogens with zero attached hydrogens (tertiary/aromatic N) is 1. The fourth-order valence-corrected chi connectivity index (χ4v) is 3.28. The molecule has 0 aliphatic carbocycles. The van der Waals surface area contributed by atoms with Gasteiger partial charge in [-0.2, -0.15) is 5.10 Å². The number of halogens is 1. The van der Waals surface area contributed by atoms with Gasteiger partial charge < -0.3 is 0 Å². The molecule has 1 heterocycles. The maximum absolute atomic E-state index is 12.3. The molecule has 0 bridgehead atoms. The average molecular weight is 308 g/mol. The lowest BCUT2D eigenvalue weighted by molar-refractivity contribution is 0.601. The molecule has 3 aromatic rings. The summed E-state index contributed by atoms with van der Waals surface area (Å²) in [5.41, 5.74) is 1.23. The van der Waals surface area contributed by atoms with Crippen LogP contribution in [0, 0.1) is 0 Å². The lowest BCUT2D eigenvalue weighted by atomic mass is 10.2. The Hall–Kier alpha value is -2.05. The standard InChI is InChI=1S/C13H10ClN3O2S/c14-9-3-1-4-10(7-9)20(18,19)17-13-6-2-5-12-11(13)8-15-16-12/h1-8,17H,(H,15,16). The Kier molecular flexibility index (Phi) is 3.11. The smallest absolute Gasteiger partial charge is 0.261 e. The van der Waals surface area contributed by atoms with Crippen molar-refractivity contribution in [3.63, 3.8) is 0 Å². The number of nitrogens with one attached hydrogen (secondary N) is 2. The highest BCUT2D eigenvalue weighted by Gasteiger charge is 2.16. The van der Waals surface area contributed by atoms with Gasteiger partial charge in [0.25, 0.3) is 10.0 Å². The molecule has 0 aliphatic rings. The summed E-state index contributed by atoms with van der Waals surface area (Å²) in [6, 6.07) is 11.4. The Morgan fingerprint density at radius 3 is 2.75 bits per heavy atom. The van der Waals surface area contributed by atoms with E-state index in [4.69, 9.17) is 11.6 Å². The Morgan fingerprint density at radius 1 is 1.15 bits per heavy atom. The van der Waals surface area contributed by atoms with Crippen LogP contribution in [0.15, 0.2) is 53.6 Å². The molecule has 2 N–H and O–H groups in total. The third-order valence-corrected chi connectivity index (χ3v) is 4.43. The van der Waals surface area contributed by atoms with E-state index in [1.807, 2.05) is 6.07 Å². The second kappa shape index (κ2) is 4.81. The van der Waals surface area contributed by atoms with Gasteiger partial charge >= 0.3 is 0 Å². The Bertz CT molecular complexity index is 874. The summed E-state index contributed by atoms with van der Waals surface area (Å²) < 4.78 is 27.2. The zero-order valence-corrected chi connectivity index (χ0v) is 11.7. The molecule has 0 amide bonds. The van der Waals surface area contributed by atoms with E-state index in [2.05, 4.69) is 14.9 Å². The summed E-state index contributed by atoms with van der Waals surface area (Å²) in [4.78, 5) is 0.116. The van der Waals surface area contributed by atoms with Crippen molar-refractivity contribution < 1.29 is 8.42 Å². The Balaban J connectivity index is 2.04. The Morgan fingerprint density at radius 2 is 1.95 bits per heavy atom. The maximum Gasteiger partial charge on any atom is 0.261 e. The first-order valence-corrected chi connectivity index (χ1v) is 7.63. The van der Waals surface area contributed by atoms with Gasteiger partial charge in [-0.25, -0.2) is 8.42 Å². The fourth-order valence-electron chi connectivity index (χ4n) is 1.89. The van der Waals surface area contributed by atoms with Gasteiger partial charge in [0, 0.05) is 10.4 Å². The van der Waals surface area contributed by atoms with Crippen molar-refractivity contribution in [2.24, 2.45) is 0 Å². The normalized spacial score (nSPS) is 11.7. The quantitative estimate of drug-likeness (QED) is 0.781. The van der Waals surface area contributed by atoms with Crippen molar-refractivity contribution in [3.8, 4) is 0 Å². The van der Waals surface area contributed by atoms with Crippen LogP contribution in [0.2, 0.25) is 5.02 Å². The van der Waals surface area contributed by atoms with Gasteiger partial charge in [-0.15, -0.1) is 0 Å². The van der Waals surface area contributed by atoms with Crippen LogP contribution in [0.3, 0.4) is 0 Å². The summed E-state index contributed by atoms with van der Waals surface area (Å²) in [7, 11) is -3.68. The van der Waals surface area contributed by atoms with Gasteiger partial charge in [0.1, 0.15) is 0 Å². The monoisotopic (exact) mass is 307 g/mol. The predicted molar refractivity (Wildman–Crippen MR) is 78.4 cm³/mol. The molecule has 5 nitrogen and oxygen atoms in total. The van der Waals surface area contributed by atoms with E-state index in [1.165, 1.54) is 12.1 Å². The number of aromatic nitrogens is 2. The lowest BCUT2D eigenvalue weighted by Gasteiger charge is -2.09. The number of hydrogen-bond acceptors (Lipinski definition) is 3. The van der Waals surface area contributed by atoms with E-state index >= 15 is 0 Å². The number of hydrogen-bond donors (Lipinski definition) is 2. The number of H-pyrrole nitrogens is 1. The minimum absolute atomic E-state index is 0.116. The van der Waals surface area contributed by atoms with Crippen molar-refractivity contribution in [1.29, 1.82) is 0 Å². The number of fused-ring (bicyclic) bond motifs is 1. The molecule has 3 rings (SSSR count). The second-order valence-electron chi connectivity index (χ2n) is 4.20. The molecule has 0 spiro atoms. The average Bonchev–Trinajstić information content (AvgIpc) is 2.88. The van der Waals surface area contributed by atoms with E-state index in [1.54, 1.807) is 30.5 Å². The number of aromatic amines is 1. The van der Waals surface area contributed by atoms with Gasteiger partial charge in [-0.3, -0.25) is 9.82 Å². The van der Waals surface area contributed by atoms with Crippen LogP contribution in [-0.2, 0) is 10.0 Å². The van der Waals surface area contributed by atoms with Crippen LogP contribution in [0.25, 0.3) is 10.9 Å². The van der Waals surface area contributed by atoms with E-state index in [9.17, 15) is 8.42 Å². The van der Waals surface area contributed by atoms with E-state index in [0.717, 1.165) is 5.52 Å². The lowest BCUT2D eigenvalue weighted by Crippen LogP contribution is -2.13. The first-order chi connectivity index (χ1) is 9.56. The van der Waals surface area contributed by atoms with Crippen LogP contribution in [0.1, 0.15) is 0 Å². The summed E-state index contributed by atoms with van der Waals surface area (Å²) in [5, 5.41) is 7.76. The molecule has 7 heteroatoms. The molecule has 20 heavy (non-hydrogen) atoms. The zero-order valence-electron chi connectivity index (χ0n) is 10.2. The third-order valence-electron chi connectivity index (χ3n) is 2.84. The number of sulfonamides is 1. The molecule has 2 aromatic carbocycles. The molecule has 0 saturated carbocycles. The van der Waals surface area contributed by atoms with Crippen molar-refractivity contribution in [2.45, 2.75) is 4.90 Å². The molecule has 0 saturated heterocycles. The minimum atomic E-state index is -3.68. The molecule has 1 aromatic heterocycles. The van der Waals surface area contributed by atoms with Gasteiger partial charge in [0.2, 0.25) is 0 Å². The predicted octanol–water partition coefficient (Wildman–Crippen LogP) is 3.02. The summed E-state index contributed by atoms with van der Waals surface area (Å²) >= 11 is 5.82. The van der Waals surface area contributed by atoms with Crippen molar-refractivity contribution in [1.82, 2.24) is 10.2 Å². The topological polar surface area (TPSA) is 74.8 Å². The zero-order chi connectivity index (χ0) is 14.2. The summed E-state index contributed by atoms with van der Waals surface area (Å²) in [6.45, 7) is 0. The number of rotatable bonds is 3. The molecule has 0 fully saturated rings. The maximum atomic E-state index is 12.3. The van der Waals surface area contributed by atoms with Crippen molar-refractivity contribution >= 4 is 38.2 Å². The third kappa shape index (κ3) is 2.35. The SMILES string of the molecule is O=S(=O)(Nc1cccc2[nH]ncc12)c1cccc(Cl)c1. The van der Waals surface area contributed by atoms with Crippen LogP contribution in [0.5, 0.6) is 0 Å². The van der Waals surface area contributed by atoms with Gasteiger partial charge in [0.15, 0.2) is 0 Å². The Labute approximate surface area is 120 Å². The number of anilines is 1. The van der Waals surface area contributed by atoms with Gasteiger partial charge in [0.05, 0.1) is 22.3 Å².